The summed E-state index contributed by atoms with van der Waals surface area (Å²) in [6, 6.07) is 5.28. The van der Waals surface area contributed by atoms with Crippen LogP contribution in [0.25, 0.3) is 0 Å². The third kappa shape index (κ3) is 2.80. The molecule has 68 valence electrons. The van der Waals surface area contributed by atoms with Crippen LogP contribution in [0.1, 0.15) is 11.1 Å². The van der Waals surface area contributed by atoms with Crippen LogP contribution in [-0.2, 0) is 6.54 Å². The molecule has 0 amide bonds. The lowest BCUT2D eigenvalue weighted by atomic mass is 10.1. The molecule has 0 saturated heterocycles. The van der Waals surface area contributed by atoms with E-state index in [1.54, 1.807) is 19.1 Å². The first-order chi connectivity index (χ1) is 5.24. The van der Waals surface area contributed by atoms with Crippen LogP contribution >= 0.6 is 12.4 Å². The van der Waals surface area contributed by atoms with E-state index in [1.807, 2.05) is 13.1 Å². The zero-order valence-corrected chi connectivity index (χ0v) is 8.04. The Kier molecular flexibility index (Phi) is 4.86. The monoisotopic (exact) mass is 189 g/mol. The molecule has 12 heavy (non-hydrogen) atoms. The highest BCUT2D eigenvalue weighted by Gasteiger charge is 1.97. The highest BCUT2D eigenvalue weighted by Crippen LogP contribution is 2.08. The molecule has 1 N–H and O–H groups in total. The van der Waals surface area contributed by atoms with Crippen LogP contribution in [0.3, 0.4) is 0 Å². The van der Waals surface area contributed by atoms with Gasteiger partial charge in [0.25, 0.3) is 0 Å². The van der Waals surface area contributed by atoms with E-state index in [1.165, 1.54) is 0 Å². The van der Waals surface area contributed by atoms with Crippen molar-refractivity contribution in [1.82, 2.24) is 5.32 Å². The van der Waals surface area contributed by atoms with E-state index in [-0.39, 0.29) is 18.2 Å². The van der Waals surface area contributed by atoms with Crippen LogP contribution in [0, 0.1) is 12.7 Å². The van der Waals surface area contributed by atoms with Crippen LogP contribution in [-0.4, -0.2) is 7.05 Å². The van der Waals surface area contributed by atoms with Crippen molar-refractivity contribution in [1.29, 1.82) is 0 Å². The van der Waals surface area contributed by atoms with Crippen molar-refractivity contribution >= 4 is 12.4 Å². The summed E-state index contributed by atoms with van der Waals surface area (Å²) in [7, 11) is 1.85. The summed E-state index contributed by atoms with van der Waals surface area (Å²) >= 11 is 0. The fourth-order valence-corrected chi connectivity index (χ4v) is 0.950. The lowest BCUT2D eigenvalue weighted by Crippen LogP contribution is -2.05. The summed E-state index contributed by atoms with van der Waals surface area (Å²) in [5, 5.41) is 2.96. The Labute approximate surface area is 78.4 Å². The van der Waals surface area contributed by atoms with Gasteiger partial charge in [0.15, 0.2) is 0 Å². The zero-order chi connectivity index (χ0) is 8.27. The Balaban J connectivity index is 0.00000121. The number of hydrogen-bond donors (Lipinski definition) is 1. The maximum Gasteiger partial charge on any atom is 0.126 e. The number of halogens is 2. The van der Waals surface area contributed by atoms with E-state index in [0.717, 1.165) is 12.1 Å². The van der Waals surface area contributed by atoms with Crippen molar-refractivity contribution < 1.29 is 4.39 Å². The second-order valence-corrected chi connectivity index (χ2v) is 2.61. The molecule has 0 heterocycles. The second-order valence-electron chi connectivity index (χ2n) is 2.61. The molecular formula is C9H13ClFN. The maximum atomic E-state index is 12.9. The number of aryl methyl sites for hydroxylation is 1. The van der Waals surface area contributed by atoms with Crippen molar-refractivity contribution in [3.05, 3.63) is 35.1 Å². The summed E-state index contributed by atoms with van der Waals surface area (Å²) in [5.41, 5.74) is 1.68. The van der Waals surface area contributed by atoms with E-state index < -0.39 is 0 Å². The Hall–Kier alpha value is -0.600. The molecule has 1 aromatic rings. The Bertz CT molecular complexity index is 250. The third-order valence-electron chi connectivity index (χ3n) is 1.62. The number of benzene rings is 1. The molecule has 0 radical (unpaired) electrons. The van der Waals surface area contributed by atoms with Gasteiger partial charge in [-0.25, -0.2) is 4.39 Å². The first-order valence-electron chi connectivity index (χ1n) is 3.63. The van der Waals surface area contributed by atoms with Gasteiger partial charge in [0.1, 0.15) is 5.82 Å². The molecule has 0 unspecified atom stereocenters. The molecule has 0 fully saturated rings. The summed E-state index contributed by atoms with van der Waals surface area (Å²) in [5.74, 6) is -0.127. The Morgan fingerprint density at radius 3 is 2.58 bits per heavy atom. The molecule has 1 rings (SSSR count). The molecule has 0 aliphatic rings. The first-order valence-corrected chi connectivity index (χ1v) is 3.63. The van der Waals surface area contributed by atoms with Crippen molar-refractivity contribution in [2.75, 3.05) is 7.05 Å². The van der Waals surface area contributed by atoms with Crippen molar-refractivity contribution in [2.45, 2.75) is 13.5 Å². The SMILES string of the molecule is CNCc1ccc(C)c(F)c1.Cl. The van der Waals surface area contributed by atoms with Gasteiger partial charge in [0.2, 0.25) is 0 Å². The summed E-state index contributed by atoms with van der Waals surface area (Å²) in [6.07, 6.45) is 0. The highest BCUT2D eigenvalue weighted by atomic mass is 35.5. The van der Waals surface area contributed by atoms with Crippen LogP contribution in [0.5, 0.6) is 0 Å². The van der Waals surface area contributed by atoms with E-state index in [2.05, 4.69) is 5.32 Å². The summed E-state index contributed by atoms with van der Waals surface area (Å²) < 4.78 is 12.9. The van der Waals surface area contributed by atoms with Gasteiger partial charge in [-0.3, -0.25) is 0 Å². The molecule has 0 aromatic heterocycles. The number of nitrogens with one attached hydrogen (secondary N) is 1. The smallest absolute Gasteiger partial charge is 0.126 e. The number of hydrogen-bond acceptors (Lipinski definition) is 1. The van der Waals surface area contributed by atoms with Crippen LogP contribution in [0.2, 0.25) is 0 Å². The van der Waals surface area contributed by atoms with Crippen LogP contribution in [0.15, 0.2) is 18.2 Å². The van der Waals surface area contributed by atoms with Gasteiger partial charge >= 0.3 is 0 Å². The van der Waals surface area contributed by atoms with E-state index >= 15 is 0 Å². The van der Waals surface area contributed by atoms with Crippen LogP contribution < -0.4 is 5.32 Å². The molecule has 0 aliphatic heterocycles. The van der Waals surface area contributed by atoms with Crippen molar-refractivity contribution in [2.24, 2.45) is 0 Å². The number of rotatable bonds is 2. The minimum Gasteiger partial charge on any atom is -0.316 e. The average Bonchev–Trinajstić information content (AvgIpc) is 1.98. The zero-order valence-electron chi connectivity index (χ0n) is 7.23. The molecule has 0 bridgehead atoms. The topological polar surface area (TPSA) is 12.0 Å². The van der Waals surface area contributed by atoms with Crippen molar-refractivity contribution in [3.63, 3.8) is 0 Å². The molecule has 3 heteroatoms. The van der Waals surface area contributed by atoms with Gasteiger partial charge in [-0.15, -0.1) is 12.4 Å². The van der Waals surface area contributed by atoms with Crippen LogP contribution in [0.4, 0.5) is 4.39 Å². The first kappa shape index (κ1) is 11.4. The molecule has 1 aromatic carbocycles. The third-order valence-corrected chi connectivity index (χ3v) is 1.62. The predicted octanol–water partition coefficient (Wildman–Crippen LogP) is 2.28. The second kappa shape index (κ2) is 5.12. The molecule has 0 aliphatic carbocycles. The van der Waals surface area contributed by atoms with Gasteiger partial charge in [0.05, 0.1) is 0 Å². The van der Waals surface area contributed by atoms with Gasteiger partial charge in [-0.2, -0.15) is 0 Å². The molecule has 0 atom stereocenters. The average molecular weight is 190 g/mol. The van der Waals surface area contributed by atoms with Gasteiger partial charge in [-0.05, 0) is 31.2 Å². The van der Waals surface area contributed by atoms with Gasteiger partial charge < -0.3 is 5.32 Å². The summed E-state index contributed by atoms with van der Waals surface area (Å²) in [6.45, 7) is 2.48. The Morgan fingerprint density at radius 1 is 1.42 bits per heavy atom. The standard InChI is InChI=1S/C9H12FN.ClH/c1-7-3-4-8(6-11-2)5-9(7)10;/h3-5,11H,6H2,1-2H3;1H. The lowest BCUT2D eigenvalue weighted by molar-refractivity contribution is 0.614. The quantitative estimate of drug-likeness (QED) is 0.753. The Morgan fingerprint density at radius 2 is 2.08 bits per heavy atom. The van der Waals surface area contributed by atoms with Gasteiger partial charge in [0, 0.05) is 6.54 Å². The largest absolute Gasteiger partial charge is 0.316 e. The van der Waals surface area contributed by atoms with Crippen molar-refractivity contribution in [3.8, 4) is 0 Å². The fourth-order valence-electron chi connectivity index (χ4n) is 0.950. The predicted molar refractivity (Wildman–Crippen MR) is 51.1 cm³/mol. The minimum atomic E-state index is -0.127. The van der Waals surface area contributed by atoms with E-state index in [9.17, 15) is 4.39 Å². The highest BCUT2D eigenvalue weighted by molar-refractivity contribution is 5.85. The van der Waals surface area contributed by atoms with Gasteiger partial charge in [-0.1, -0.05) is 12.1 Å². The lowest BCUT2D eigenvalue weighted by Gasteiger charge is -2.01. The minimum absolute atomic E-state index is 0. The normalized spacial score (nSPS) is 9.25. The molecule has 0 saturated carbocycles. The van der Waals surface area contributed by atoms with E-state index in [4.69, 9.17) is 0 Å². The van der Waals surface area contributed by atoms with E-state index in [0.29, 0.717) is 5.56 Å². The molecule has 1 nitrogen and oxygen atoms in total. The molecule has 0 spiro atoms. The maximum absolute atomic E-state index is 12.9. The summed E-state index contributed by atoms with van der Waals surface area (Å²) in [4.78, 5) is 0. The molecular weight excluding hydrogens is 177 g/mol. The fraction of sp³-hybridized carbons (Fsp3) is 0.333.